The Bertz CT molecular complexity index is 1070. The number of hydrogen-bond donors (Lipinski definition) is 0. The van der Waals surface area contributed by atoms with Crippen molar-refractivity contribution < 1.29 is 28.6 Å². The van der Waals surface area contributed by atoms with Gasteiger partial charge >= 0.3 is 17.9 Å². The van der Waals surface area contributed by atoms with E-state index in [-0.39, 0.29) is 31.1 Å². The number of carbonyl (C=O) groups excluding carboxylic acids is 3. The van der Waals surface area contributed by atoms with Crippen LogP contribution in [0.5, 0.6) is 0 Å². The van der Waals surface area contributed by atoms with E-state index in [4.69, 9.17) is 14.2 Å². The maximum absolute atomic E-state index is 12.9. The van der Waals surface area contributed by atoms with Gasteiger partial charge in [0.2, 0.25) is 0 Å². The summed E-state index contributed by atoms with van der Waals surface area (Å²) in [4.78, 5) is 38.3. The zero-order chi connectivity index (χ0) is 51.6. The monoisotopic (exact) mass is 1000 g/mol. The molecule has 0 fully saturated rings. The van der Waals surface area contributed by atoms with Gasteiger partial charge in [-0.1, -0.05) is 336 Å². The maximum atomic E-state index is 12.9. The Labute approximate surface area is 444 Å². The Balaban J connectivity index is 4.26. The molecule has 0 spiro atoms. The number of rotatable bonds is 60. The van der Waals surface area contributed by atoms with Gasteiger partial charge in [0, 0.05) is 19.3 Å². The lowest BCUT2D eigenvalue weighted by Crippen LogP contribution is -2.30. The van der Waals surface area contributed by atoms with E-state index in [9.17, 15) is 14.4 Å². The third kappa shape index (κ3) is 59.2. The van der Waals surface area contributed by atoms with E-state index in [0.717, 1.165) is 63.7 Å². The molecule has 71 heavy (non-hydrogen) atoms. The predicted octanol–water partition coefficient (Wildman–Crippen LogP) is 21.7. The quantitative estimate of drug-likeness (QED) is 0.0343. The number of esters is 3. The molecule has 0 aromatic carbocycles. The van der Waals surface area contributed by atoms with Crippen molar-refractivity contribution in [1.29, 1.82) is 0 Å². The second kappa shape index (κ2) is 59.3. The summed E-state index contributed by atoms with van der Waals surface area (Å²) in [6.07, 6.45) is 66.8. The minimum absolute atomic E-state index is 0.0610. The van der Waals surface area contributed by atoms with E-state index < -0.39 is 6.10 Å². The molecule has 0 N–H and O–H groups in total. The molecule has 0 radical (unpaired) electrons. The normalized spacial score (nSPS) is 12.0. The van der Waals surface area contributed by atoms with Crippen molar-refractivity contribution in [2.24, 2.45) is 5.92 Å². The minimum Gasteiger partial charge on any atom is -0.462 e. The van der Waals surface area contributed by atoms with Gasteiger partial charge in [0.1, 0.15) is 13.2 Å². The molecule has 0 unspecified atom stereocenters. The second-order valence-electron chi connectivity index (χ2n) is 22.9. The fourth-order valence-electron chi connectivity index (χ4n) is 10.2. The van der Waals surface area contributed by atoms with E-state index in [1.165, 1.54) is 270 Å². The van der Waals surface area contributed by atoms with Crippen molar-refractivity contribution in [3.05, 3.63) is 0 Å². The molecule has 0 aromatic rings. The topological polar surface area (TPSA) is 78.9 Å². The number of ether oxygens (including phenoxy) is 3. The summed E-state index contributed by atoms with van der Waals surface area (Å²) in [6.45, 7) is 9.10. The van der Waals surface area contributed by atoms with Crippen LogP contribution in [0.4, 0.5) is 0 Å². The van der Waals surface area contributed by atoms with Gasteiger partial charge in [-0.2, -0.15) is 0 Å². The summed E-state index contributed by atoms with van der Waals surface area (Å²) >= 11 is 0. The zero-order valence-electron chi connectivity index (χ0n) is 48.7. The summed E-state index contributed by atoms with van der Waals surface area (Å²) in [5.74, 6) is 0.0333. The third-order valence-corrected chi connectivity index (χ3v) is 15.0. The molecule has 0 aliphatic rings. The lowest BCUT2D eigenvalue weighted by atomic mass is 10.0. The molecule has 0 aliphatic heterocycles. The Morgan fingerprint density at radius 2 is 0.465 bits per heavy atom. The molecule has 0 amide bonds. The summed E-state index contributed by atoms with van der Waals surface area (Å²) < 4.78 is 17.0. The average molecular weight is 1000 g/mol. The molecule has 6 nitrogen and oxygen atoms in total. The maximum Gasteiger partial charge on any atom is 0.306 e. The molecule has 0 aliphatic carbocycles. The van der Waals surface area contributed by atoms with Crippen LogP contribution in [-0.4, -0.2) is 37.2 Å². The van der Waals surface area contributed by atoms with Crippen molar-refractivity contribution in [3.63, 3.8) is 0 Å². The summed E-state index contributed by atoms with van der Waals surface area (Å²) in [7, 11) is 0. The van der Waals surface area contributed by atoms with Crippen molar-refractivity contribution in [2.45, 2.75) is 381 Å². The van der Waals surface area contributed by atoms with Crippen LogP contribution in [0.15, 0.2) is 0 Å². The fraction of sp³-hybridized carbons (Fsp3) is 0.954. The zero-order valence-corrected chi connectivity index (χ0v) is 48.7. The van der Waals surface area contributed by atoms with E-state index in [2.05, 4.69) is 27.7 Å². The standard InChI is InChI=1S/C65H126O6/c1-5-7-9-11-13-15-17-19-21-28-32-36-40-44-48-52-56-63(66)69-59-62(71-65(68)58-54-50-46-42-38-34-29-22-20-18-16-14-12-10-8-6-2)60-70-64(67)57-53-49-45-41-37-33-30-26-24-23-25-27-31-35-39-43-47-51-55-61(3)4/h61-62H,5-60H2,1-4H3/t62-/m0/s1. The Morgan fingerprint density at radius 1 is 0.268 bits per heavy atom. The first-order valence-corrected chi connectivity index (χ1v) is 32.4. The summed E-state index contributed by atoms with van der Waals surface area (Å²) in [5.41, 5.74) is 0. The van der Waals surface area contributed by atoms with Gasteiger partial charge in [-0.15, -0.1) is 0 Å². The molecule has 0 heterocycles. The smallest absolute Gasteiger partial charge is 0.306 e. The van der Waals surface area contributed by atoms with Crippen molar-refractivity contribution in [1.82, 2.24) is 0 Å². The summed E-state index contributed by atoms with van der Waals surface area (Å²) in [6, 6.07) is 0. The van der Waals surface area contributed by atoms with Gasteiger partial charge in [0.15, 0.2) is 6.10 Å². The first-order chi connectivity index (χ1) is 34.9. The molecule has 0 saturated carbocycles. The highest BCUT2D eigenvalue weighted by Crippen LogP contribution is 2.19. The lowest BCUT2D eigenvalue weighted by Gasteiger charge is -2.18. The largest absolute Gasteiger partial charge is 0.462 e. The average Bonchev–Trinajstić information content (AvgIpc) is 3.36. The molecule has 422 valence electrons. The van der Waals surface area contributed by atoms with Crippen LogP contribution in [0.3, 0.4) is 0 Å². The highest BCUT2D eigenvalue weighted by Gasteiger charge is 2.19. The lowest BCUT2D eigenvalue weighted by molar-refractivity contribution is -0.167. The molecule has 6 heteroatoms. The second-order valence-corrected chi connectivity index (χ2v) is 22.9. The minimum atomic E-state index is -0.763. The Hall–Kier alpha value is -1.59. The van der Waals surface area contributed by atoms with Gasteiger partial charge in [0.25, 0.3) is 0 Å². The summed E-state index contributed by atoms with van der Waals surface area (Å²) in [5, 5.41) is 0. The fourth-order valence-corrected chi connectivity index (χ4v) is 10.2. The molecular weight excluding hydrogens is 877 g/mol. The molecule has 0 saturated heterocycles. The van der Waals surface area contributed by atoms with Crippen LogP contribution in [-0.2, 0) is 28.6 Å². The van der Waals surface area contributed by atoms with E-state index in [1.54, 1.807) is 0 Å². The Morgan fingerprint density at radius 3 is 0.690 bits per heavy atom. The van der Waals surface area contributed by atoms with Gasteiger partial charge < -0.3 is 14.2 Å². The number of carbonyl (C=O) groups is 3. The molecule has 0 aromatic heterocycles. The predicted molar refractivity (Wildman–Crippen MR) is 307 cm³/mol. The highest BCUT2D eigenvalue weighted by atomic mass is 16.6. The Kier molecular flexibility index (Phi) is 58.0. The first-order valence-electron chi connectivity index (χ1n) is 32.4. The number of hydrogen-bond acceptors (Lipinski definition) is 6. The van der Waals surface area contributed by atoms with E-state index >= 15 is 0 Å². The van der Waals surface area contributed by atoms with E-state index in [1.807, 2.05) is 0 Å². The molecule has 0 bridgehead atoms. The SMILES string of the molecule is CCCCCCCCCCCCCCCCCCC(=O)OC[C@@H](COC(=O)CCCCCCCCCCCCCCCCCCCCC(C)C)OC(=O)CCCCCCCCCCCCCCCCCC. The van der Waals surface area contributed by atoms with Crippen LogP contribution >= 0.6 is 0 Å². The van der Waals surface area contributed by atoms with Crippen molar-refractivity contribution in [3.8, 4) is 0 Å². The van der Waals surface area contributed by atoms with Gasteiger partial charge in [-0.25, -0.2) is 0 Å². The molecular formula is C65H126O6. The first kappa shape index (κ1) is 69.4. The van der Waals surface area contributed by atoms with E-state index in [0.29, 0.717) is 19.3 Å². The number of unbranched alkanes of at least 4 members (excludes halogenated alkanes) is 47. The molecule has 0 rings (SSSR count). The van der Waals surface area contributed by atoms with Crippen LogP contribution in [0, 0.1) is 5.92 Å². The van der Waals surface area contributed by atoms with Crippen molar-refractivity contribution >= 4 is 17.9 Å². The van der Waals surface area contributed by atoms with Crippen LogP contribution in [0.25, 0.3) is 0 Å². The van der Waals surface area contributed by atoms with Crippen molar-refractivity contribution in [2.75, 3.05) is 13.2 Å². The van der Waals surface area contributed by atoms with Crippen LogP contribution in [0.1, 0.15) is 374 Å². The van der Waals surface area contributed by atoms with Crippen LogP contribution < -0.4 is 0 Å². The van der Waals surface area contributed by atoms with Crippen LogP contribution in [0.2, 0.25) is 0 Å². The molecule has 1 atom stereocenters. The van der Waals surface area contributed by atoms with Gasteiger partial charge in [-0.3, -0.25) is 14.4 Å². The third-order valence-electron chi connectivity index (χ3n) is 15.0. The van der Waals surface area contributed by atoms with Gasteiger partial charge in [0.05, 0.1) is 0 Å². The van der Waals surface area contributed by atoms with Gasteiger partial charge in [-0.05, 0) is 25.2 Å². The highest BCUT2D eigenvalue weighted by molar-refractivity contribution is 5.71.